The fourth-order valence-corrected chi connectivity index (χ4v) is 3.07. The number of nitrogen functional groups attached to an aromatic ring is 1. The fourth-order valence-electron chi connectivity index (χ4n) is 2.44. The number of hydrogen-bond donors (Lipinski definition) is 1. The summed E-state index contributed by atoms with van der Waals surface area (Å²) in [5.74, 6) is 2.27. The van der Waals surface area contributed by atoms with Crippen molar-refractivity contribution in [2.45, 2.75) is 38.6 Å². The van der Waals surface area contributed by atoms with E-state index in [0.29, 0.717) is 12.0 Å². The van der Waals surface area contributed by atoms with Crippen molar-refractivity contribution >= 4 is 37.7 Å². The Hall–Kier alpha value is -0.810. The van der Waals surface area contributed by atoms with Gasteiger partial charge in [0.25, 0.3) is 0 Å². The van der Waals surface area contributed by atoms with E-state index in [1.165, 1.54) is 12.8 Å². The molecule has 1 aromatic carbocycles. The number of imidazole rings is 1. The monoisotopic (exact) mass is 397 g/mol. The summed E-state index contributed by atoms with van der Waals surface area (Å²) in [6.45, 7) is 4.34. The molecule has 106 valence electrons. The molecule has 0 unspecified atom stereocenters. The van der Waals surface area contributed by atoms with E-state index in [2.05, 4.69) is 62.4 Å². The second-order valence-electron chi connectivity index (χ2n) is 5.59. The quantitative estimate of drug-likeness (QED) is 0.779. The number of rotatable bonds is 3. The molecule has 0 amide bonds. The first kappa shape index (κ1) is 14.1. The Kier molecular flexibility index (Phi) is 3.67. The van der Waals surface area contributed by atoms with Crippen LogP contribution in [0.1, 0.15) is 44.5 Å². The number of nitrogens with two attached hydrogens (primary N) is 1. The zero-order valence-corrected chi connectivity index (χ0v) is 14.7. The predicted molar refractivity (Wildman–Crippen MR) is 89.8 cm³/mol. The van der Waals surface area contributed by atoms with Crippen molar-refractivity contribution in [3.05, 3.63) is 33.0 Å². The number of benzene rings is 1. The molecular weight excluding hydrogens is 382 g/mol. The smallest absolute Gasteiger partial charge is 0.132 e. The maximum absolute atomic E-state index is 6.38. The van der Waals surface area contributed by atoms with Crippen LogP contribution in [0.3, 0.4) is 0 Å². The first-order valence-electron chi connectivity index (χ1n) is 6.82. The van der Waals surface area contributed by atoms with Gasteiger partial charge in [-0.2, -0.15) is 0 Å². The summed E-state index contributed by atoms with van der Waals surface area (Å²) in [7, 11) is 0. The summed E-state index contributed by atoms with van der Waals surface area (Å²) >= 11 is 7.03. The number of hydrogen-bond acceptors (Lipinski definition) is 2. The molecule has 5 heteroatoms. The molecule has 1 heterocycles. The van der Waals surface area contributed by atoms with Gasteiger partial charge in [0.05, 0.1) is 0 Å². The van der Waals surface area contributed by atoms with Gasteiger partial charge < -0.3 is 10.3 Å². The highest BCUT2D eigenvalue weighted by Crippen LogP contribution is 2.42. The van der Waals surface area contributed by atoms with Crippen LogP contribution in [0.2, 0.25) is 0 Å². The lowest BCUT2D eigenvalue weighted by Gasteiger charge is -2.10. The van der Waals surface area contributed by atoms with E-state index in [4.69, 9.17) is 10.7 Å². The fraction of sp³-hybridized carbons (Fsp3) is 0.400. The van der Waals surface area contributed by atoms with Gasteiger partial charge in [0, 0.05) is 26.5 Å². The van der Waals surface area contributed by atoms with Crippen LogP contribution >= 0.6 is 31.9 Å². The van der Waals surface area contributed by atoms with E-state index < -0.39 is 0 Å². The van der Waals surface area contributed by atoms with Crippen LogP contribution in [0, 0.1) is 0 Å². The lowest BCUT2D eigenvalue weighted by Crippen LogP contribution is -2.06. The Morgan fingerprint density at radius 3 is 2.50 bits per heavy atom. The molecule has 0 bridgehead atoms. The molecule has 20 heavy (non-hydrogen) atoms. The highest BCUT2D eigenvalue weighted by Gasteiger charge is 2.30. The number of nitrogens with zero attached hydrogens (tertiary/aromatic N) is 2. The molecule has 0 aliphatic heterocycles. The highest BCUT2D eigenvalue weighted by molar-refractivity contribution is 9.13. The Balaban J connectivity index is 2.13. The van der Waals surface area contributed by atoms with Gasteiger partial charge in [-0.15, -0.1) is 0 Å². The van der Waals surface area contributed by atoms with Crippen LogP contribution in [-0.2, 0) is 0 Å². The number of halogens is 2. The molecule has 1 aromatic heterocycles. The zero-order valence-electron chi connectivity index (χ0n) is 11.5. The molecule has 1 fully saturated rings. The Morgan fingerprint density at radius 1 is 1.25 bits per heavy atom. The van der Waals surface area contributed by atoms with Gasteiger partial charge in [-0.05, 0) is 56.8 Å². The molecule has 0 atom stereocenters. The number of aromatic nitrogens is 2. The van der Waals surface area contributed by atoms with Crippen LogP contribution in [0.15, 0.2) is 27.1 Å². The SMILES string of the molecule is CC(C)c1nc(-c2ccc(Br)c(Br)c2)c(N)n1C1CC1. The molecule has 3 nitrogen and oxygen atoms in total. The molecule has 2 aromatic rings. The van der Waals surface area contributed by atoms with E-state index in [1.807, 2.05) is 6.07 Å². The summed E-state index contributed by atoms with van der Waals surface area (Å²) in [4.78, 5) is 4.81. The molecule has 0 spiro atoms. The second-order valence-corrected chi connectivity index (χ2v) is 7.30. The van der Waals surface area contributed by atoms with Gasteiger partial charge in [-0.25, -0.2) is 4.98 Å². The third-order valence-corrected chi connectivity index (χ3v) is 5.48. The first-order valence-corrected chi connectivity index (χ1v) is 8.40. The minimum Gasteiger partial charge on any atom is -0.383 e. The van der Waals surface area contributed by atoms with E-state index >= 15 is 0 Å². The van der Waals surface area contributed by atoms with Crippen LogP contribution in [0.4, 0.5) is 5.82 Å². The topological polar surface area (TPSA) is 43.8 Å². The van der Waals surface area contributed by atoms with E-state index in [9.17, 15) is 0 Å². The highest BCUT2D eigenvalue weighted by atomic mass is 79.9. The van der Waals surface area contributed by atoms with Crippen molar-refractivity contribution < 1.29 is 0 Å². The molecule has 1 aliphatic rings. The molecule has 3 rings (SSSR count). The molecule has 2 N–H and O–H groups in total. The van der Waals surface area contributed by atoms with Crippen molar-refractivity contribution in [1.29, 1.82) is 0 Å². The largest absolute Gasteiger partial charge is 0.383 e. The molecule has 0 saturated heterocycles. The van der Waals surface area contributed by atoms with Crippen molar-refractivity contribution in [1.82, 2.24) is 9.55 Å². The number of anilines is 1. The van der Waals surface area contributed by atoms with Gasteiger partial charge in [0.2, 0.25) is 0 Å². The Bertz CT molecular complexity index is 657. The van der Waals surface area contributed by atoms with Crippen molar-refractivity contribution in [3.8, 4) is 11.3 Å². The summed E-state index contributed by atoms with van der Waals surface area (Å²) in [6.07, 6.45) is 2.42. The summed E-state index contributed by atoms with van der Waals surface area (Å²) in [6, 6.07) is 6.68. The van der Waals surface area contributed by atoms with Gasteiger partial charge in [-0.1, -0.05) is 19.9 Å². The molecule has 0 radical (unpaired) electrons. The van der Waals surface area contributed by atoms with E-state index in [1.54, 1.807) is 0 Å². The molecular formula is C15H17Br2N3. The van der Waals surface area contributed by atoms with Crippen molar-refractivity contribution in [2.24, 2.45) is 0 Å². The third-order valence-electron chi connectivity index (χ3n) is 3.60. The van der Waals surface area contributed by atoms with Gasteiger partial charge in [0.15, 0.2) is 0 Å². The second kappa shape index (κ2) is 5.19. The third kappa shape index (κ3) is 2.42. The lowest BCUT2D eigenvalue weighted by molar-refractivity contribution is 0.646. The summed E-state index contributed by atoms with van der Waals surface area (Å²) < 4.78 is 4.28. The Morgan fingerprint density at radius 2 is 1.95 bits per heavy atom. The average Bonchev–Trinajstić information content (AvgIpc) is 3.16. The van der Waals surface area contributed by atoms with Gasteiger partial charge in [0.1, 0.15) is 17.3 Å². The Labute approximate surface area is 135 Å². The van der Waals surface area contributed by atoms with Gasteiger partial charge >= 0.3 is 0 Å². The van der Waals surface area contributed by atoms with E-state index in [-0.39, 0.29) is 0 Å². The first-order chi connectivity index (χ1) is 9.49. The minimum atomic E-state index is 0.380. The standard InChI is InChI=1S/C15H17Br2N3/c1-8(2)15-19-13(14(18)20(15)10-4-5-10)9-3-6-11(16)12(17)7-9/h3,6-8,10H,4-5,18H2,1-2H3. The summed E-state index contributed by atoms with van der Waals surface area (Å²) in [5.41, 5.74) is 8.33. The normalized spacial score (nSPS) is 15.1. The van der Waals surface area contributed by atoms with Crippen LogP contribution in [0.5, 0.6) is 0 Å². The van der Waals surface area contributed by atoms with Crippen LogP contribution < -0.4 is 5.73 Å². The lowest BCUT2D eigenvalue weighted by atomic mass is 10.1. The van der Waals surface area contributed by atoms with Crippen molar-refractivity contribution in [3.63, 3.8) is 0 Å². The van der Waals surface area contributed by atoms with E-state index in [0.717, 1.165) is 31.8 Å². The maximum atomic E-state index is 6.38. The minimum absolute atomic E-state index is 0.380. The molecule has 1 aliphatic carbocycles. The maximum Gasteiger partial charge on any atom is 0.132 e. The van der Waals surface area contributed by atoms with Gasteiger partial charge in [-0.3, -0.25) is 0 Å². The van der Waals surface area contributed by atoms with Crippen molar-refractivity contribution in [2.75, 3.05) is 5.73 Å². The summed E-state index contributed by atoms with van der Waals surface area (Å²) in [5, 5.41) is 0. The van der Waals surface area contributed by atoms with Crippen LogP contribution in [0.25, 0.3) is 11.3 Å². The zero-order chi connectivity index (χ0) is 14.4. The molecule has 1 saturated carbocycles. The van der Waals surface area contributed by atoms with Crippen LogP contribution in [-0.4, -0.2) is 9.55 Å². The average molecular weight is 399 g/mol. The predicted octanol–water partition coefficient (Wildman–Crippen LogP) is 5.12.